The number of nitriles is 1. The van der Waals surface area contributed by atoms with E-state index in [1.165, 1.54) is 31.2 Å². The summed E-state index contributed by atoms with van der Waals surface area (Å²) in [7, 11) is -3.64. The van der Waals surface area contributed by atoms with Crippen LogP contribution < -0.4 is 0 Å². The van der Waals surface area contributed by atoms with Crippen molar-refractivity contribution in [2.75, 3.05) is 0 Å². The summed E-state index contributed by atoms with van der Waals surface area (Å²) in [4.78, 5) is 10.5. The van der Waals surface area contributed by atoms with E-state index in [2.05, 4.69) is 0 Å². The molecule has 1 N–H and O–H groups in total. The molecule has 5 nitrogen and oxygen atoms in total. The fraction of sp³-hybridized carbons (Fsp3) is 0.273. The van der Waals surface area contributed by atoms with Crippen LogP contribution in [0.1, 0.15) is 12.5 Å². The maximum Gasteiger partial charge on any atom is 0.307 e. The number of nitrogens with zero attached hydrogens (tertiary/aromatic N) is 1. The van der Waals surface area contributed by atoms with Crippen LogP contribution in [0.25, 0.3) is 0 Å². The van der Waals surface area contributed by atoms with Gasteiger partial charge in [-0.3, -0.25) is 4.79 Å². The molecule has 1 rings (SSSR count). The third-order valence-corrected chi connectivity index (χ3v) is 4.22. The van der Waals surface area contributed by atoms with Crippen molar-refractivity contribution in [2.45, 2.75) is 23.5 Å². The molecule has 1 unspecified atom stereocenters. The number of rotatable bonds is 4. The lowest BCUT2D eigenvalue weighted by Crippen LogP contribution is -2.15. The van der Waals surface area contributed by atoms with Crippen molar-refractivity contribution < 1.29 is 18.3 Å². The van der Waals surface area contributed by atoms with Gasteiger partial charge in [0.05, 0.1) is 17.4 Å². The van der Waals surface area contributed by atoms with Crippen molar-refractivity contribution in [2.24, 2.45) is 0 Å². The zero-order valence-corrected chi connectivity index (χ0v) is 9.94. The average molecular weight is 253 g/mol. The van der Waals surface area contributed by atoms with Gasteiger partial charge in [0.1, 0.15) is 5.25 Å². The third kappa shape index (κ3) is 3.04. The maximum absolute atomic E-state index is 11.8. The minimum absolute atomic E-state index is 0.0284. The molecule has 0 fully saturated rings. The van der Waals surface area contributed by atoms with Gasteiger partial charge < -0.3 is 5.11 Å². The van der Waals surface area contributed by atoms with Crippen molar-refractivity contribution >= 4 is 15.8 Å². The Bertz CT molecular complexity index is 554. The molecule has 0 bridgehead atoms. The molecule has 0 aliphatic rings. The van der Waals surface area contributed by atoms with E-state index in [0.717, 1.165) is 0 Å². The van der Waals surface area contributed by atoms with Gasteiger partial charge in [-0.25, -0.2) is 8.42 Å². The molecule has 1 aromatic rings. The van der Waals surface area contributed by atoms with E-state index in [1.807, 2.05) is 0 Å². The van der Waals surface area contributed by atoms with E-state index in [9.17, 15) is 13.2 Å². The molecule has 0 heterocycles. The van der Waals surface area contributed by atoms with Crippen molar-refractivity contribution in [3.63, 3.8) is 0 Å². The number of carboxylic acids is 1. The van der Waals surface area contributed by atoms with Gasteiger partial charge in [-0.1, -0.05) is 12.1 Å². The number of hydrogen-bond acceptors (Lipinski definition) is 4. The van der Waals surface area contributed by atoms with E-state index < -0.39 is 21.1 Å². The Morgan fingerprint density at radius 3 is 2.35 bits per heavy atom. The fourth-order valence-electron chi connectivity index (χ4n) is 1.25. The highest BCUT2D eigenvalue weighted by Crippen LogP contribution is 2.16. The lowest BCUT2D eigenvalue weighted by atomic mass is 10.2. The van der Waals surface area contributed by atoms with Gasteiger partial charge >= 0.3 is 5.97 Å². The molecule has 1 atom stereocenters. The van der Waals surface area contributed by atoms with Gasteiger partial charge in [-0.05, 0) is 24.6 Å². The van der Waals surface area contributed by atoms with Gasteiger partial charge in [0.25, 0.3) is 0 Å². The van der Waals surface area contributed by atoms with Crippen LogP contribution in [0.15, 0.2) is 29.2 Å². The molecule has 17 heavy (non-hydrogen) atoms. The number of carboxylic acid groups (broad SMARTS) is 1. The molecular formula is C11H11NO4S. The van der Waals surface area contributed by atoms with Crippen LogP contribution in [0.4, 0.5) is 0 Å². The summed E-state index contributed by atoms with van der Waals surface area (Å²) >= 11 is 0. The van der Waals surface area contributed by atoms with Crippen LogP contribution >= 0.6 is 0 Å². The zero-order valence-electron chi connectivity index (χ0n) is 9.12. The lowest BCUT2D eigenvalue weighted by Gasteiger charge is -2.06. The first-order valence-corrected chi connectivity index (χ1v) is 6.37. The summed E-state index contributed by atoms with van der Waals surface area (Å²) < 4.78 is 23.5. The topological polar surface area (TPSA) is 95.2 Å². The summed E-state index contributed by atoms with van der Waals surface area (Å²) in [6, 6.07) is 7.18. The zero-order chi connectivity index (χ0) is 13.1. The Kier molecular flexibility index (Phi) is 3.86. The van der Waals surface area contributed by atoms with E-state index in [0.29, 0.717) is 5.56 Å². The highest BCUT2D eigenvalue weighted by atomic mass is 32.2. The molecule has 0 saturated heterocycles. The summed E-state index contributed by atoms with van der Waals surface area (Å²) in [6.45, 7) is 1.31. The Balaban J connectivity index is 3.04. The minimum Gasteiger partial charge on any atom is -0.481 e. The summed E-state index contributed by atoms with van der Waals surface area (Å²) in [5, 5.41) is 16.0. The Morgan fingerprint density at radius 1 is 1.41 bits per heavy atom. The van der Waals surface area contributed by atoms with Crippen molar-refractivity contribution in [1.29, 1.82) is 5.26 Å². The molecule has 1 aromatic carbocycles. The predicted molar refractivity (Wildman–Crippen MR) is 60.0 cm³/mol. The first-order valence-electron chi connectivity index (χ1n) is 4.82. The van der Waals surface area contributed by atoms with Crippen molar-refractivity contribution in [3.05, 3.63) is 29.8 Å². The number of hydrogen-bond donors (Lipinski definition) is 1. The number of benzene rings is 1. The maximum atomic E-state index is 11.8. The fourth-order valence-corrected chi connectivity index (χ4v) is 2.31. The van der Waals surface area contributed by atoms with Crippen molar-refractivity contribution in [3.8, 4) is 6.07 Å². The van der Waals surface area contributed by atoms with Crippen LogP contribution in [0.3, 0.4) is 0 Å². The van der Waals surface area contributed by atoms with E-state index >= 15 is 0 Å². The van der Waals surface area contributed by atoms with Gasteiger partial charge in [0.15, 0.2) is 9.84 Å². The normalized spacial score (nSPS) is 12.7. The monoisotopic (exact) mass is 253 g/mol. The molecule has 90 valence electrons. The molecule has 0 spiro atoms. The Labute approximate surface area is 99.2 Å². The molecule has 0 saturated carbocycles. The van der Waals surface area contributed by atoms with Crippen LogP contribution in [0.5, 0.6) is 0 Å². The smallest absolute Gasteiger partial charge is 0.307 e. The first-order chi connectivity index (χ1) is 7.87. The van der Waals surface area contributed by atoms with Crippen molar-refractivity contribution in [1.82, 2.24) is 0 Å². The summed E-state index contributed by atoms with van der Waals surface area (Å²) in [6.07, 6.45) is -0.159. The second kappa shape index (κ2) is 4.97. The molecule has 0 radical (unpaired) electrons. The number of sulfone groups is 1. The van der Waals surface area contributed by atoms with E-state index in [1.54, 1.807) is 6.07 Å². The molecule has 0 aliphatic heterocycles. The summed E-state index contributed by atoms with van der Waals surface area (Å²) in [5.74, 6) is -0.981. The molecule has 0 aliphatic carbocycles. The Morgan fingerprint density at radius 2 is 1.94 bits per heavy atom. The molecule has 6 heteroatoms. The highest BCUT2D eigenvalue weighted by molar-refractivity contribution is 7.92. The second-order valence-electron chi connectivity index (χ2n) is 3.53. The predicted octanol–water partition coefficient (Wildman–Crippen LogP) is 0.999. The average Bonchev–Trinajstić information content (AvgIpc) is 2.27. The van der Waals surface area contributed by atoms with Gasteiger partial charge in [0.2, 0.25) is 0 Å². The second-order valence-corrected chi connectivity index (χ2v) is 5.80. The quantitative estimate of drug-likeness (QED) is 0.863. The van der Waals surface area contributed by atoms with Crippen LogP contribution in [0.2, 0.25) is 0 Å². The third-order valence-electron chi connectivity index (χ3n) is 2.25. The number of aliphatic carboxylic acids is 1. The van der Waals surface area contributed by atoms with Crippen LogP contribution in [-0.2, 0) is 21.1 Å². The van der Waals surface area contributed by atoms with E-state index in [4.69, 9.17) is 10.4 Å². The van der Waals surface area contributed by atoms with Crippen LogP contribution in [0, 0.1) is 11.3 Å². The largest absolute Gasteiger partial charge is 0.481 e. The molecular weight excluding hydrogens is 242 g/mol. The van der Waals surface area contributed by atoms with Gasteiger partial charge in [-0.15, -0.1) is 0 Å². The highest BCUT2D eigenvalue weighted by Gasteiger charge is 2.22. The van der Waals surface area contributed by atoms with E-state index in [-0.39, 0.29) is 11.3 Å². The SMILES string of the molecule is CC(C#N)S(=O)(=O)c1ccc(CC(=O)O)cc1. The number of carbonyl (C=O) groups is 1. The molecule has 0 aromatic heterocycles. The molecule has 0 amide bonds. The van der Waals surface area contributed by atoms with Gasteiger partial charge in [0, 0.05) is 0 Å². The standard InChI is InChI=1S/C11H11NO4S/c1-8(7-12)17(15,16)10-4-2-9(3-5-10)6-11(13)14/h2-5,8H,6H2,1H3,(H,13,14). The first kappa shape index (κ1) is 13.2. The summed E-state index contributed by atoms with van der Waals surface area (Å²) in [5.41, 5.74) is 0.515. The minimum atomic E-state index is -3.64. The van der Waals surface area contributed by atoms with Crippen LogP contribution in [-0.4, -0.2) is 24.7 Å². The van der Waals surface area contributed by atoms with Gasteiger partial charge in [-0.2, -0.15) is 5.26 Å². The Hall–Kier alpha value is -1.87. The lowest BCUT2D eigenvalue weighted by molar-refractivity contribution is -0.136.